The molecule has 0 spiro atoms. The summed E-state index contributed by atoms with van der Waals surface area (Å²) in [5.41, 5.74) is 1.11. The molecule has 2 aromatic rings. The lowest BCUT2D eigenvalue weighted by Gasteiger charge is -2.42. The van der Waals surface area contributed by atoms with Crippen molar-refractivity contribution in [3.05, 3.63) is 41.3 Å². The average molecular weight is 418 g/mol. The van der Waals surface area contributed by atoms with Gasteiger partial charge in [0.1, 0.15) is 12.4 Å². The molecular weight excluding hydrogens is 386 g/mol. The van der Waals surface area contributed by atoms with E-state index in [2.05, 4.69) is 37.8 Å². The number of piperidine rings is 1. The van der Waals surface area contributed by atoms with Gasteiger partial charge in [-0.05, 0) is 42.0 Å². The van der Waals surface area contributed by atoms with Gasteiger partial charge < -0.3 is 14.9 Å². The number of carboxylic acid groups (broad SMARTS) is 1. The Morgan fingerprint density at radius 1 is 1.21 bits per heavy atom. The van der Waals surface area contributed by atoms with Gasteiger partial charge in [-0.2, -0.15) is 0 Å². The van der Waals surface area contributed by atoms with Crippen LogP contribution in [0.4, 0.5) is 0 Å². The number of ether oxygens (including phenoxy) is 1. The van der Waals surface area contributed by atoms with Gasteiger partial charge in [0, 0.05) is 35.0 Å². The topological polar surface area (TPSA) is 70.0 Å². The first-order valence-electron chi connectivity index (χ1n) is 10.1. The van der Waals surface area contributed by atoms with Gasteiger partial charge in [0.25, 0.3) is 0 Å². The third-order valence-corrected chi connectivity index (χ3v) is 6.75. The van der Waals surface area contributed by atoms with Crippen molar-refractivity contribution in [2.45, 2.75) is 33.7 Å². The van der Waals surface area contributed by atoms with E-state index in [0.717, 1.165) is 35.7 Å². The molecule has 1 aliphatic heterocycles. The predicted octanol–water partition coefficient (Wildman–Crippen LogP) is 4.36. The summed E-state index contributed by atoms with van der Waals surface area (Å²) in [7, 11) is 0. The molecule has 0 bridgehead atoms. The Morgan fingerprint density at radius 3 is 2.66 bits per heavy atom. The van der Waals surface area contributed by atoms with Gasteiger partial charge >= 0.3 is 5.97 Å². The smallest absolute Gasteiger partial charge is 0.307 e. The lowest BCUT2D eigenvalue weighted by atomic mass is 9.73. The Hall–Kier alpha value is -1.89. The Kier molecular flexibility index (Phi) is 6.98. The minimum absolute atomic E-state index is 0.0152. The number of hydrogen-bond acceptors (Lipinski definition) is 5. The van der Waals surface area contributed by atoms with E-state index in [0.29, 0.717) is 12.5 Å². The molecule has 2 heterocycles. The Bertz CT molecular complexity index is 826. The van der Waals surface area contributed by atoms with Crippen molar-refractivity contribution in [1.82, 2.24) is 4.90 Å². The second-order valence-electron chi connectivity index (χ2n) is 8.86. The average Bonchev–Trinajstić information content (AvgIpc) is 3.13. The number of thiophene rings is 1. The summed E-state index contributed by atoms with van der Waals surface area (Å²) >= 11 is 1.71. The quantitative estimate of drug-likeness (QED) is 0.701. The van der Waals surface area contributed by atoms with Crippen LogP contribution in [0.2, 0.25) is 0 Å². The van der Waals surface area contributed by atoms with Crippen LogP contribution in [-0.4, -0.2) is 47.4 Å². The van der Waals surface area contributed by atoms with E-state index >= 15 is 0 Å². The fourth-order valence-corrected chi connectivity index (χ4v) is 4.99. The molecule has 1 aliphatic rings. The number of carbonyl (C=O) groups is 1. The molecule has 1 aromatic heterocycles. The van der Waals surface area contributed by atoms with Crippen LogP contribution in [0.3, 0.4) is 0 Å². The van der Waals surface area contributed by atoms with Crippen molar-refractivity contribution in [1.29, 1.82) is 0 Å². The number of likely N-dealkylation sites (tertiary alicyclic amines) is 1. The molecule has 158 valence electrons. The maximum atomic E-state index is 11.7. The zero-order chi connectivity index (χ0) is 21.0. The normalized spacial score (nSPS) is 20.6. The molecule has 0 aliphatic carbocycles. The molecule has 0 saturated carbocycles. The number of aliphatic hydroxyl groups is 1. The summed E-state index contributed by atoms with van der Waals surface area (Å²) in [5.74, 6) is 0.141. The van der Waals surface area contributed by atoms with Gasteiger partial charge in [-0.25, -0.2) is 0 Å². The fraction of sp³-hybridized carbons (Fsp3) is 0.522. The number of aliphatic hydroxyl groups excluding tert-OH is 1. The van der Waals surface area contributed by atoms with Gasteiger partial charge in [0.2, 0.25) is 0 Å². The van der Waals surface area contributed by atoms with Crippen LogP contribution < -0.4 is 4.74 Å². The molecule has 2 atom stereocenters. The third-order valence-electron chi connectivity index (χ3n) is 5.64. The van der Waals surface area contributed by atoms with E-state index in [-0.39, 0.29) is 24.5 Å². The zero-order valence-corrected chi connectivity index (χ0v) is 18.2. The van der Waals surface area contributed by atoms with Gasteiger partial charge in [-0.15, -0.1) is 11.3 Å². The van der Waals surface area contributed by atoms with E-state index in [4.69, 9.17) is 9.84 Å². The number of rotatable bonds is 7. The minimum atomic E-state index is -0.689. The van der Waals surface area contributed by atoms with E-state index in [1.165, 1.54) is 4.88 Å². The number of para-hydroxylation sites is 1. The first-order chi connectivity index (χ1) is 13.8. The van der Waals surface area contributed by atoms with Crippen LogP contribution in [0.5, 0.6) is 5.75 Å². The van der Waals surface area contributed by atoms with Crippen LogP contribution in [0.25, 0.3) is 10.4 Å². The van der Waals surface area contributed by atoms with Crippen molar-refractivity contribution < 1.29 is 19.7 Å². The maximum Gasteiger partial charge on any atom is 0.307 e. The number of carboxylic acids is 1. The second kappa shape index (κ2) is 9.28. The first kappa shape index (κ1) is 21.8. The van der Waals surface area contributed by atoms with Crippen molar-refractivity contribution in [3.8, 4) is 16.2 Å². The van der Waals surface area contributed by atoms with Crippen molar-refractivity contribution in [2.75, 3.05) is 26.3 Å². The first-order valence-corrected chi connectivity index (χ1v) is 11.0. The van der Waals surface area contributed by atoms with E-state index in [1.807, 2.05) is 24.3 Å². The van der Waals surface area contributed by atoms with E-state index in [1.54, 1.807) is 11.3 Å². The molecule has 5 nitrogen and oxygen atoms in total. The van der Waals surface area contributed by atoms with Gasteiger partial charge in [0.15, 0.2) is 0 Å². The monoisotopic (exact) mass is 417 g/mol. The molecule has 3 rings (SSSR count). The molecule has 0 amide bonds. The lowest BCUT2D eigenvalue weighted by Crippen LogP contribution is -2.46. The van der Waals surface area contributed by atoms with Crippen molar-refractivity contribution >= 4 is 17.3 Å². The number of hydrogen-bond donors (Lipinski definition) is 2. The Balaban J connectivity index is 1.75. The summed E-state index contributed by atoms with van der Waals surface area (Å²) in [6.07, 6.45) is 0.751. The summed E-state index contributed by atoms with van der Waals surface area (Å²) in [6.45, 7) is 9.15. The van der Waals surface area contributed by atoms with Gasteiger partial charge in [-0.1, -0.05) is 32.9 Å². The highest BCUT2D eigenvalue weighted by Gasteiger charge is 2.37. The van der Waals surface area contributed by atoms with Gasteiger partial charge in [0.05, 0.1) is 12.5 Å². The highest BCUT2D eigenvalue weighted by Crippen LogP contribution is 2.38. The molecule has 29 heavy (non-hydrogen) atoms. The standard InChI is InChI=1S/C23H31NO4S/c1-23(2,3)17-12-16(22(26)27)13-24(14-17)15-18-8-9-21(29-18)19-6-4-5-7-20(19)28-11-10-25/h4-9,16-17,25H,10-15H2,1-3H3,(H,26,27)/t16-,17-/m1/s1. The van der Waals surface area contributed by atoms with Crippen LogP contribution in [0, 0.1) is 17.3 Å². The Morgan fingerprint density at radius 2 is 1.97 bits per heavy atom. The molecule has 0 unspecified atom stereocenters. The zero-order valence-electron chi connectivity index (χ0n) is 17.4. The summed E-state index contributed by atoms with van der Waals surface area (Å²) in [6, 6.07) is 12.1. The molecule has 0 radical (unpaired) electrons. The highest BCUT2D eigenvalue weighted by molar-refractivity contribution is 7.15. The van der Waals surface area contributed by atoms with Crippen LogP contribution in [0.15, 0.2) is 36.4 Å². The van der Waals surface area contributed by atoms with Crippen LogP contribution >= 0.6 is 11.3 Å². The molecule has 1 fully saturated rings. The summed E-state index contributed by atoms with van der Waals surface area (Å²) in [5, 5.41) is 18.6. The van der Waals surface area contributed by atoms with E-state index in [9.17, 15) is 9.90 Å². The summed E-state index contributed by atoms with van der Waals surface area (Å²) < 4.78 is 5.67. The Labute approximate surface area is 176 Å². The van der Waals surface area contributed by atoms with Crippen LogP contribution in [0.1, 0.15) is 32.1 Å². The fourth-order valence-electron chi connectivity index (χ4n) is 3.91. The highest BCUT2D eigenvalue weighted by atomic mass is 32.1. The second-order valence-corrected chi connectivity index (χ2v) is 10.0. The molecule has 1 aromatic carbocycles. The molecule has 1 saturated heterocycles. The van der Waals surface area contributed by atoms with E-state index < -0.39 is 5.97 Å². The number of nitrogens with zero attached hydrogens (tertiary/aromatic N) is 1. The van der Waals surface area contributed by atoms with Gasteiger partial charge in [-0.3, -0.25) is 9.69 Å². The van der Waals surface area contributed by atoms with Crippen molar-refractivity contribution in [3.63, 3.8) is 0 Å². The molecule has 6 heteroatoms. The number of aliphatic carboxylic acids is 1. The van der Waals surface area contributed by atoms with Crippen LogP contribution in [-0.2, 0) is 11.3 Å². The summed E-state index contributed by atoms with van der Waals surface area (Å²) in [4.78, 5) is 16.3. The largest absolute Gasteiger partial charge is 0.491 e. The number of benzene rings is 1. The van der Waals surface area contributed by atoms with Crippen molar-refractivity contribution in [2.24, 2.45) is 17.3 Å². The maximum absolute atomic E-state index is 11.7. The minimum Gasteiger partial charge on any atom is -0.491 e. The molecule has 2 N–H and O–H groups in total. The lowest BCUT2D eigenvalue weighted by molar-refractivity contribution is -0.145. The SMILES string of the molecule is CC(C)(C)[C@@H]1C[C@@H](C(=O)O)CN(Cc2ccc(-c3ccccc3OCCO)s2)C1. The molecular formula is C23H31NO4S. The predicted molar refractivity (Wildman–Crippen MR) is 116 cm³/mol. The third kappa shape index (κ3) is 5.59.